The lowest BCUT2D eigenvalue weighted by atomic mass is 9.97. The number of piperidine rings is 1. The van der Waals surface area contributed by atoms with Crippen molar-refractivity contribution in [1.29, 1.82) is 0 Å². The minimum Gasteiger partial charge on any atom is -0.466 e. The molecule has 8 nitrogen and oxygen atoms in total. The largest absolute Gasteiger partial charge is 0.466 e. The van der Waals surface area contributed by atoms with E-state index in [9.17, 15) is 23.6 Å². The number of likely N-dealkylation sites (tertiary alicyclic amines) is 1. The summed E-state index contributed by atoms with van der Waals surface area (Å²) >= 11 is 1.18. The summed E-state index contributed by atoms with van der Waals surface area (Å²) in [7, 11) is 0. The summed E-state index contributed by atoms with van der Waals surface area (Å²) < 4.78 is 21.4. The van der Waals surface area contributed by atoms with Crippen LogP contribution in [0.2, 0.25) is 0 Å². The van der Waals surface area contributed by atoms with E-state index in [0.29, 0.717) is 48.3 Å². The van der Waals surface area contributed by atoms with Gasteiger partial charge in [-0.05, 0) is 61.9 Å². The van der Waals surface area contributed by atoms with Crippen molar-refractivity contribution < 1.29 is 18.7 Å². The van der Waals surface area contributed by atoms with E-state index in [1.54, 1.807) is 30.2 Å². The lowest BCUT2D eigenvalue weighted by Gasteiger charge is -2.31. The SMILES string of the molecule is CCOC(=O)C1CCN(C(=O)Cn2c(=O)n(-c3ccc(F)c(C)c3)c(=O)c3sccc32)CC1. The molecule has 3 aromatic rings. The van der Waals surface area contributed by atoms with Gasteiger partial charge in [-0.3, -0.25) is 19.0 Å². The number of benzene rings is 1. The molecule has 0 bridgehead atoms. The summed E-state index contributed by atoms with van der Waals surface area (Å²) in [5, 5.41) is 1.69. The molecule has 1 saturated heterocycles. The Morgan fingerprint density at radius 3 is 2.58 bits per heavy atom. The third-order valence-electron chi connectivity index (χ3n) is 5.92. The summed E-state index contributed by atoms with van der Waals surface area (Å²) in [6.45, 7) is 4.17. The number of amides is 1. The van der Waals surface area contributed by atoms with Crippen LogP contribution in [0.3, 0.4) is 0 Å². The number of aryl methyl sites for hydroxylation is 1. The first-order chi connectivity index (χ1) is 15.8. The number of carbonyl (C=O) groups excluding carboxylic acids is 2. The molecule has 1 amide bonds. The third kappa shape index (κ3) is 4.35. The van der Waals surface area contributed by atoms with Crippen molar-refractivity contribution in [3.05, 3.63) is 61.9 Å². The summed E-state index contributed by atoms with van der Waals surface area (Å²) in [6, 6.07) is 5.66. The Hall–Kier alpha value is -3.27. The van der Waals surface area contributed by atoms with Gasteiger partial charge in [-0.2, -0.15) is 0 Å². The molecule has 0 N–H and O–H groups in total. The van der Waals surface area contributed by atoms with Crippen LogP contribution in [-0.2, 0) is 20.9 Å². The van der Waals surface area contributed by atoms with E-state index in [4.69, 9.17) is 4.74 Å². The van der Waals surface area contributed by atoms with Crippen LogP contribution in [0, 0.1) is 18.7 Å². The van der Waals surface area contributed by atoms with Crippen molar-refractivity contribution >= 4 is 33.4 Å². The van der Waals surface area contributed by atoms with E-state index < -0.39 is 17.1 Å². The smallest absolute Gasteiger partial charge is 0.336 e. The van der Waals surface area contributed by atoms with E-state index in [1.807, 2.05) is 0 Å². The molecule has 0 spiro atoms. The molecule has 33 heavy (non-hydrogen) atoms. The van der Waals surface area contributed by atoms with Crippen LogP contribution in [0.1, 0.15) is 25.3 Å². The molecule has 0 unspecified atom stereocenters. The first-order valence-electron chi connectivity index (χ1n) is 10.8. The van der Waals surface area contributed by atoms with Crippen molar-refractivity contribution in [2.24, 2.45) is 5.92 Å². The predicted molar refractivity (Wildman–Crippen MR) is 122 cm³/mol. The maximum absolute atomic E-state index is 13.7. The minimum atomic E-state index is -0.660. The highest BCUT2D eigenvalue weighted by Gasteiger charge is 2.29. The van der Waals surface area contributed by atoms with Gasteiger partial charge in [0.15, 0.2) is 0 Å². The van der Waals surface area contributed by atoms with Crippen molar-refractivity contribution in [3.63, 3.8) is 0 Å². The van der Waals surface area contributed by atoms with Crippen molar-refractivity contribution in [2.75, 3.05) is 19.7 Å². The van der Waals surface area contributed by atoms with Gasteiger partial charge < -0.3 is 9.64 Å². The zero-order chi connectivity index (χ0) is 23.7. The number of rotatable bonds is 5. The van der Waals surface area contributed by atoms with Gasteiger partial charge in [0.2, 0.25) is 5.91 Å². The molecule has 174 valence electrons. The zero-order valence-electron chi connectivity index (χ0n) is 18.4. The highest BCUT2D eigenvalue weighted by atomic mass is 32.1. The summed E-state index contributed by atoms with van der Waals surface area (Å²) in [6.07, 6.45) is 1.00. The van der Waals surface area contributed by atoms with Gasteiger partial charge in [0.1, 0.15) is 17.1 Å². The number of aromatic nitrogens is 2. The topological polar surface area (TPSA) is 90.6 Å². The van der Waals surface area contributed by atoms with Gasteiger partial charge in [0.25, 0.3) is 5.56 Å². The fraction of sp³-hybridized carbons (Fsp3) is 0.391. The van der Waals surface area contributed by atoms with Gasteiger partial charge in [-0.25, -0.2) is 13.8 Å². The fourth-order valence-corrected chi connectivity index (χ4v) is 4.92. The summed E-state index contributed by atoms with van der Waals surface area (Å²) in [5.74, 6) is -1.19. The maximum Gasteiger partial charge on any atom is 0.336 e. The lowest BCUT2D eigenvalue weighted by Crippen LogP contribution is -2.45. The molecule has 3 heterocycles. The van der Waals surface area contributed by atoms with Crippen molar-refractivity contribution in [2.45, 2.75) is 33.2 Å². The molecule has 0 saturated carbocycles. The van der Waals surface area contributed by atoms with Gasteiger partial charge in [-0.1, -0.05) is 0 Å². The molecule has 4 rings (SSSR count). The quantitative estimate of drug-likeness (QED) is 0.531. The molecule has 1 fully saturated rings. The number of esters is 1. The van der Waals surface area contributed by atoms with Crippen LogP contribution in [0.4, 0.5) is 4.39 Å². The average molecular weight is 474 g/mol. The van der Waals surface area contributed by atoms with Gasteiger partial charge in [-0.15, -0.1) is 11.3 Å². The molecule has 2 aromatic heterocycles. The number of halogens is 1. The van der Waals surface area contributed by atoms with Crippen LogP contribution in [0.25, 0.3) is 15.9 Å². The number of carbonyl (C=O) groups is 2. The predicted octanol–water partition coefficient (Wildman–Crippen LogP) is 2.46. The number of hydrogen-bond acceptors (Lipinski definition) is 6. The Labute approximate surface area is 192 Å². The normalized spacial score (nSPS) is 14.6. The van der Waals surface area contributed by atoms with Gasteiger partial charge in [0, 0.05) is 13.1 Å². The van der Waals surface area contributed by atoms with E-state index in [-0.39, 0.29) is 30.0 Å². The second kappa shape index (κ2) is 9.30. The number of hydrogen-bond donors (Lipinski definition) is 0. The molecular formula is C23H24FN3O5S. The summed E-state index contributed by atoms with van der Waals surface area (Å²) in [4.78, 5) is 53.0. The van der Waals surface area contributed by atoms with Crippen LogP contribution >= 0.6 is 11.3 Å². The van der Waals surface area contributed by atoms with Crippen molar-refractivity contribution in [1.82, 2.24) is 14.0 Å². The molecule has 0 atom stereocenters. The number of fused-ring (bicyclic) bond motifs is 1. The van der Waals surface area contributed by atoms with E-state index in [1.165, 1.54) is 34.1 Å². The first-order valence-corrected chi connectivity index (χ1v) is 11.6. The minimum absolute atomic E-state index is 0.232. The maximum atomic E-state index is 13.7. The molecule has 0 radical (unpaired) electrons. The number of ether oxygens (including phenoxy) is 1. The Morgan fingerprint density at radius 1 is 1.18 bits per heavy atom. The van der Waals surface area contributed by atoms with Crippen molar-refractivity contribution in [3.8, 4) is 5.69 Å². The molecule has 1 aliphatic heterocycles. The number of thiophene rings is 1. The van der Waals surface area contributed by atoms with Crippen LogP contribution in [0.15, 0.2) is 39.2 Å². The standard InChI is InChI=1S/C23H24FN3O5S/c1-3-32-22(30)15-6-9-25(10-7-15)19(28)13-26-18-8-11-33-20(18)21(29)27(23(26)31)16-4-5-17(24)14(2)12-16/h4-5,8,11-12,15H,3,6-7,9-10,13H2,1-2H3. The summed E-state index contributed by atoms with van der Waals surface area (Å²) in [5.41, 5.74) is -0.228. The number of nitrogens with zero attached hydrogens (tertiary/aromatic N) is 3. The Morgan fingerprint density at radius 2 is 1.91 bits per heavy atom. The van der Waals surface area contributed by atoms with Crippen LogP contribution in [0.5, 0.6) is 0 Å². The molecule has 1 aliphatic rings. The highest BCUT2D eigenvalue weighted by molar-refractivity contribution is 7.17. The van der Waals surface area contributed by atoms with Crippen LogP contribution in [-0.4, -0.2) is 45.6 Å². The fourth-order valence-electron chi connectivity index (χ4n) is 4.10. The Balaban J connectivity index is 1.65. The Bertz CT molecular complexity index is 1330. The average Bonchev–Trinajstić information content (AvgIpc) is 3.29. The second-order valence-corrected chi connectivity index (χ2v) is 8.90. The monoisotopic (exact) mass is 473 g/mol. The second-order valence-electron chi connectivity index (χ2n) is 7.98. The zero-order valence-corrected chi connectivity index (χ0v) is 19.2. The third-order valence-corrected chi connectivity index (χ3v) is 6.81. The first kappa shape index (κ1) is 22.9. The molecule has 1 aromatic carbocycles. The lowest BCUT2D eigenvalue weighted by molar-refractivity contribution is -0.151. The molecular weight excluding hydrogens is 449 g/mol. The van der Waals surface area contributed by atoms with Crippen LogP contribution < -0.4 is 11.2 Å². The highest BCUT2D eigenvalue weighted by Crippen LogP contribution is 2.21. The Kier molecular flexibility index (Phi) is 6.46. The van der Waals surface area contributed by atoms with E-state index in [0.717, 1.165) is 4.57 Å². The van der Waals surface area contributed by atoms with E-state index >= 15 is 0 Å². The van der Waals surface area contributed by atoms with Gasteiger partial charge >= 0.3 is 11.7 Å². The molecule has 10 heteroatoms. The molecule has 0 aliphatic carbocycles. The van der Waals surface area contributed by atoms with E-state index in [2.05, 4.69) is 0 Å². The van der Waals surface area contributed by atoms with Gasteiger partial charge in [0.05, 0.1) is 23.7 Å².